The van der Waals surface area contributed by atoms with Gasteiger partial charge in [0.05, 0.1) is 0 Å². The lowest BCUT2D eigenvalue weighted by Crippen LogP contribution is -2.38. The largest absolute Gasteiger partial charge is 0.480 e. The van der Waals surface area contributed by atoms with Crippen molar-refractivity contribution < 1.29 is 19.5 Å². The number of carboxylic acids is 1. The summed E-state index contributed by atoms with van der Waals surface area (Å²) in [7, 11) is 0. The lowest BCUT2D eigenvalue weighted by molar-refractivity contribution is -0.138. The fourth-order valence-electron chi connectivity index (χ4n) is 2.06. The number of nitrogens with one attached hydrogen (secondary N) is 2. The van der Waals surface area contributed by atoms with Gasteiger partial charge in [-0.3, -0.25) is 14.4 Å². The van der Waals surface area contributed by atoms with Crippen molar-refractivity contribution in [2.45, 2.75) is 32.2 Å². The van der Waals surface area contributed by atoms with Gasteiger partial charge in [-0.05, 0) is 43.5 Å². The molecule has 6 heteroatoms. The molecule has 0 bridgehead atoms. The number of anilines is 1. The van der Waals surface area contributed by atoms with Crippen LogP contribution < -0.4 is 10.6 Å². The fraction of sp³-hybridized carbons (Fsp3) is 0.357. The van der Waals surface area contributed by atoms with Crippen molar-refractivity contribution in [1.29, 1.82) is 0 Å². The molecular weight excluding hydrogens is 260 g/mol. The number of rotatable bonds is 3. The van der Waals surface area contributed by atoms with E-state index in [0.717, 1.165) is 17.7 Å². The fourth-order valence-corrected chi connectivity index (χ4v) is 2.06. The van der Waals surface area contributed by atoms with Gasteiger partial charge in [0.15, 0.2) is 0 Å². The van der Waals surface area contributed by atoms with Crippen LogP contribution in [0.4, 0.5) is 5.69 Å². The lowest BCUT2D eigenvalue weighted by Gasteiger charge is -2.12. The number of hydrogen-bond acceptors (Lipinski definition) is 3. The summed E-state index contributed by atoms with van der Waals surface area (Å²) in [5, 5.41) is 14.0. The number of carboxylic acid groups (broad SMARTS) is 1. The van der Waals surface area contributed by atoms with Gasteiger partial charge in [-0.1, -0.05) is 0 Å². The van der Waals surface area contributed by atoms with Gasteiger partial charge in [0.2, 0.25) is 5.91 Å². The number of amides is 2. The lowest BCUT2D eigenvalue weighted by atomic mass is 10.0. The van der Waals surface area contributed by atoms with Crippen molar-refractivity contribution in [3.8, 4) is 0 Å². The van der Waals surface area contributed by atoms with Crippen LogP contribution in [0.15, 0.2) is 18.2 Å². The van der Waals surface area contributed by atoms with Crippen LogP contribution in [0.5, 0.6) is 0 Å². The van der Waals surface area contributed by atoms with Crippen LogP contribution in [0.2, 0.25) is 0 Å². The third kappa shape index (κ3) is 3.14. The summed E-state index contributed by atoms with van der Waals surface area (Å²) in [6.07, 6.45) is 1.91. The minimum absolute atomic E-state index is 0.0274. The van der Waals surface area contributed by atoms with Crippen molar-refractivity contribution >= 4 is 23.5 Å². The number of aliphatic carboxylic acids is 1. The zero-order valence-electron chi connectivity index (χ0n) is 11.1. The first-order valence-electron chi connectivity index (χ1n) is 6.44. The Morgan fingerprint density at radius 3 is 2.80 bits per heavy atom. The summed E-state index contributed by atoms with van der Waals surface area (Å²) in [4.78, 5) is 34.1. The summed E-state index contributed by atoms with van der Waals surface area (Å²) in [6.45, 7) is 1.41. The Labute approximate surface area is 116 Å². The van der Waals surface area contributed by atoms with Gasteiger partial charge in [0, 0.05) is 17.7 Å². The minimum atomic E-state index is -1.08. The van der Waals surface area contributed by atoms with Crippen LogP contribution in [0, 0.1) is 0 Å². The summed E-state index contributed by atoms with van der Waals surface area (Å²) in [5.74, 6) is -1.54. The Bertz CT molecular complexity index is 568. The monoisotopic (exact) mass is 276 g/mol. The van der Waals surface area contributed by atoms with E-state index in [1.165, 1.54) is 6.92 Å². The van der Waals surface area contributed by atoms with Crippen molar-refractivity contribution in [3.05, 3.63) is 29.3 Å². The second kappa shape index (κ2) is 5.73. The quantitative estimate of drug-likeness (QED) is 0.772. The van der Waals surface area contributed by atoms with E-state index in [0.29, 0.717) is 18.4 Å². The van der Waals surface area contributed by atoms with Crippen LogP contribution >= 0.6 is 0 Å². The SMILES string of the molecule is CC(NC(=O)c1ccc2c(c1)CCCC(=O)N2)C(=O)O. The van der Waals surface area contributed by atoms with E-state index in [4.69, 9.17) is 5.11 Å². The molecule has 2 rings (SSSR count). The molecule has 0 spiro atoms. The molecule has 106 valence electrons. The van der Waals surface area contributed by atoms with E-state index in [9.17, 15) is 14.4 Å². The molecule has 1 heterocycles. The molecule has 0 aliphatic carbocycles. The van der Waals surface area contributed by atoms with E-state index >= 15 is 0 Å². The molecule has 0 saturated heterocycles. The van der Waals surface area contributed by atoms with Crippen LogP contribution in [0.3, 0.4) is 0 Å². The maximum absolute atomic E-state index is 11.9. The van der Waals surface area contributed by atoms with Crippen LogP contribution in [-0.4, -0.2) is 28.9 Å². The first-order chi connectivity index (χ1) is 9.47. The predicted octanol–water partition coefficient (Wildman–Crippen LogP) is 1.16. The van der Waals surface area contributed by atoms with Crippen molar-refractivity contribution in [1.82, 2.24) is 5.32 Å². The smallest absolute Gasteiger partial charge is 0.325 e. The zero-order chi connectivity index (χ0) is 14.7. The molecular formula is C14H16N2O4. The van der Waals surface area contributed by atoms with E-state index in [1.807, 2.05) is 0 Å². The molecule has 20 heavy (non-hydrogen) atoms. The summed E-state index contributed by atoms with van der Waals surface area (Å²) < 4.78 is 0. The highest BCUT2D eigenvalue weighted by atomic mass is 16.4. The van der Waals surface area contributed by atoms with Crippen molar-refractivity contribution in [2.24, 2.45) is 0 Å². The number of carbonyl (C=O) groups is 3. The maximum atomic E-state index is 11.9. The zero-order valence-corrected chi connectivity index (χ0v) is 11.1. The second-order valence-electron chi connectivity index (χ2n) is 4.81. The highest BCUT2D eigenvalue weighted by Gasteiger charge is 2.18. The van der Waals surface area contributed by atoms with Gasteiger partial charge in [-0.15, -0.1) is 0 Å². The summed E-state index contributed by atoms with van der Waals surface area (Å²) in [6, 6.07) is 4.01. The van der Waals surface area contributed by atoms with Gasteiger partial charge in [0.1, 0.15) is 6.04 Å². The molecule has 1 aromatic rings. The average molecular weight is 276 g/mol. The van der Waals surface area contributed by atoms with Crippen LogP contribution in [0.1, 0.15) is 35.7 Å². The number of fused-ring (bicyclic) bond motifs is 1. The Balaban J connectivity index is 2.18. The first kappa shape index (κ1) is 14.0. The molecule has 6 nitrogen and oxygen atoms in total. The molecule has 1 aliphatic rings. The molecule has 1 aromatic carbocycles. The van der Waals surface area contributed by atoms with Crippen molar-refractivity contribution in [2.75, 3.05) is 5.32 Å². The third-order valence-corrected chi connectivity index (χ3v) is 3.21. The third-order valence-electron chi connectivity index (χ3n) is 3.21. The molecule has 0 fully saturated rings. The van der Waals surface area contributed by atoms with E-state index in [-0.39, 0.29) is 5.91 Å². The molecule has 1 unspecified atom stereocenters. The average Bonchev–Trinajstić information content (AvgIpc) is 2.58. The molecule has 1 aliphatic heterocycles. The number of benzene rings is 1. The van der Waals surface area contributed by atoms with E-state index in [2.05, 4.69) is 10.6 Å². The molecule has 0 saturated carbocycles. The topological polar surface area (TPSA) is 95.5 Å². The number of aryl methyl sites for hydroxylation is 1. The summed E-state index contributed by atoms with van der Waals surface area (Å²) in [5.41, 5.74) is 2.01. The van der Waals surface area contributed by atoms with Gasteiger partial charge in [-0.2, -0.15) is 0 Å². The van der Waals surface area contributed by atoms with Gasteiger partial charge in [0.25, 0.3) is 5.91 Å². The van der Waals surface area contributed by atoms with E-state index in [1.54, 1.807) is 18.2 Å². The Kier molecular flexibility index (Phi) is 4.02. The normalized spacial score (nSPS) is 15.6. The molecule has 1 atom stereocenters. The van der Waals surface area contributed by atoms with Crippen LogP contribution in [0.25, 0.3) is 0 Å². The van der Waals surface area contributed by atoms with Crippen LogP contribution in [-0.2, 0) is 16.0 Å². The van der Waals surface area contributed by atoms with Crippen molar-refractivity contribution in [3.63, 3.8) is 0 Å². The van der Waals surface area contributed by atoms with Gasteiger partial charge in [-0.25, -0.2) is 0 Å². The first-order valence-corrected chi connectivity index (χ1v) is 6.44. The van der Waals surface area contributed by atoms with E-state index < -0.39 is 17.9 Å². The molecule has 2 amide bonds. The molecule has 0 radical (unpaired) electrons. The maximum Gasteiger partial charge on any atom is 0.325 e. The van der Waals surface area contributed by atoms with Gasteiger partial charge >= 0.3 is 5.97 Å². The molecule has 0 aromatic heterocycles. The Hall–Kier alpha value is -2.37. The Morgan fingerprint density at radius 2 is 2.10 bits per heavy atom. The van der Waals surface area contributed by atoms with Gasteiger partial charge < -0.3 is 15.7 Å². The number of hydrogen-bond donors (Lipinski definition) is 3. The minimum Gasteiger partial charge on any atom is -0.480 e. The Morgan fingerprint density at radius 1 is 1.35 bits per heavy atom. The molecule has 3 N–H and O–H groups in total. The highest BCUT2D eigenvalue weighted by molar-refractivity contribution is 5.98. The summed E-state index contributed by atoms with van der Waals surface area (Å²) >= 11 is 0. The second-order valence-corrected chi connectivity index (χ2v) is 4.81. The standard InChI is InChI=1S/C14H16N2O4/c1-8(14(19)20)15-13(18)10-5-6-11-9(7-10)3-2-4-12(17)16-11/h5-8H,2-4H2,1H3,(H,15,18)(H,16,17)(H,19,20). The highest BCUT2D eigenvalue weighted by Crippen LogP contribution is 2.23. The predicted molar refractivity (Wildman–Crippen MR) is 72.6 cm³/mol. The number of carbonyl (C=O) groups excluding carboxylic acids is 2.